The van der Waals surface area contributed by atoms with Crippen LogP contribution in [0.3, 0.4) is 0 Å². The van der Waals surface area contributed by atoms with Gasteiger partial charge in [0.15, 0.2) is 11.5 Å². The van der Waals surface area contributed by atoms with Crippen LogP contribution in [0.1, 0.15) is 16.7 Å². The molecule has 0 atom stereocenters. The zero-order valence-corrected chi connectivity index (χ0v) is 14.5. The van der Waals surface area contributed by atoms with Crippen LogP contribution in [0, 0.1) is 6.92 Å². The molecule has 0 aliphatic carbocycles. The first-order valence-electron chi connectivity index (χ1n) is 7.53. The zero-order chi connectivity index (χ0) is 18.6. The van der Waals surface area contributed by atoms with E-state index in [9.17, 15) is 23.4 Å². The summed E-state index contributed by atoms with van der Waals surface area (Å²) in [4.78, 5) is 11.4. The van der Waals surface area contributed by atoms with Crippen molar-refractivity contribution < 1.29 is 23.4 Å². The summed E-state index contributed by atoms with van der Waals surface area (Å²) >= 11 is 0. The van der Waals surface area contributed by atoms with Crippen molar-refractivity contribution in [1.29, 1.82) is 0 Å². The highest BCUT2D eigenvalue weighted by Crippen LogP contribution is 2.27. The molecule has 0 unspecified atom stereocenters. The third-order valence-corrected chi connectivity index (χ3v) is 5.21. The average Bonchev–Trinajstić information content (AvgIpc) is 2.56. The summed E-state index contributed by atoms with van der Waals surface area (Å²) in [7, 11) is -4.00. The molecule has 0 fully saturated rings. The van der Waals surface area contributed by atoms with Crippen molar-refractivity contribution >= 4 is 15.9 Å². The van der Waals surface area contributed by atoms with Gasteiger partial charge in [-0.2, -0.15) is 0 Å². The molecule has 0 aliphatic heterocycles. The molecule has 0 spiro atoms. The highest BCUT2D eigenvalue weighted by atomic mass is 32.2. The molecule has 1 amide bonds. The van der Waals surface area contributed by atoms with Gasteiger partial charge in [0.2, 0.25) is 0 Å². The normalized spacial score (nSPS) is 11.1. The largest absolute Gasteiger partial charge is 0.504 e. The number of phenolic OH excluding ortho intramolecular Hbond substituents is 2. The van der Waals surface area contributed by atoms with Crippen molar-refractivity contribution in [3.63, 3.8) is 0 Å². The number of rotatable bonds is 6. The van der Waals surface area contributed by atoms with E-state index in [1.165, 1.54) is 18.2 Å². The molecule has 132 valence electrons. The number of aryl methyl sites for hydroxylation is 2. The quantitative estimate of drug-likeness (QED) is 0.540. The molecule has 6 nitrogen and oxygen atoms in total. The van der Waals surface area contributed by atoms with Crippen molar-refractivity contribution in [3.8, 4) is 11.5 Å². The second-order valence-electron chi connectivity index (χ2n) is 5.55. The van der Waals surface area contributed by atoms with Crippen LogP contribution < -0.4 is 4.72 Å². The molecule has 2 rings (SSSR count). The third-order valence-electron chi connectivity index (χ3n) is 3.78. The lowest BCUT2D eigenvalue weighted by atomic mass is 10.0. The second-order valence-corrected chi connectivity index (χ2v) is 7.20. The number of sulfonamides is 1. The van der Waals surface area contributed by atoms with Gasteiger partial charge in [-0.3, -0.25) is 4.79 Å². The van der Waals surface area contributed by atoms with Gasteiger partial charge in [-0.1, -0.05) is 24.8 Å². The van der Waals surface area contributed by atoms with Gasteiger partial charge in [-0.05, 0) is 60.7 Å². The van der Waals surface area contributed by atoms with Crippen LogP contribution in [-0.2, 0) is 27.7 Å². The van der Waals surface area contributed by atoms with Gasteiger partial charge in [0, 0.05) is 0 Å². The summed E-state index contributed by atoms with van der Waals surface area (Å²) in [5, 5.41) is 18.9. The van der Waals surface area contributed by atoms with Crippen molar-refractivity contribution in [2.75, 3.05) is 0 Å². The molecule has 25 heavy (non-hydrogen) atoms. The minimum absolute atomic E-state index is 0.0331. The minimum atomic E-state index is -4.00. The van der Waals surface area contributed by atoms with Crippen LogP contribution >= 0.6 is 0 Å². The first-order chi connectivity index (χ1) is 11.7. The molecule has 3 N–H and O–H groups in total. The molecule has 0 saturated carbocycles. The number of carbonyl (C=O) groups is 1. The maximum absolute atomic E-state index is 12.4. The Morgan fingerprint density at radius 2 is 1.88 bits per heavy atom. The van der Waals surface area contributed by atoms with Crippen molar-refractivity contribution in [1.82, 2.24) is 4.72 Å². The van der Waals surface area contributed by atoms with E-state index >= 15 is 0 Å². The summed E-state index contributed by atoms with van der Waals surface area (Å²) < 4.78 is 26.8. The van der Waals surface area contributed by atoms with Crippen LogP contribution in [0.4, 0.5) is 0 Å². The van der Waals surface area contributed by atoms with Gasteiger partial charge >= 0.3 is 0 Å². The number of nitrogens with one attached hydrogen (secondary N) is 1. The molecule has 7 heteroatoms. The van der Waals surface area contributed by atoms with Crippen molar-refractivity contribution in [3.05, 3.63) is 65.7 Å². The van der Waals surface area contributed by atoms with Crippen LogP contribution in [0.15, 0.2) is 53.9 Å². The maximum atomic E-state index is 12.4. The summed E-state index contributed by atoms with van der Waals surface area (Å²) in [6, 6.07) is 9.30. The molecule has 0 saturated heterocycles. The highest BCUT2D eigenvalue weighted by Gasteiger charge is 2.21. The molecular weight excluding hydrogens is 342 g/mol. The van der Waals surface area contributed by atoms with E-state index < -0.39 is 15.9 Å². The smallest absolute Gasteiger partial charge is 0.264 e. The monoisotopic (exact) mass is 361 g/mol. The zero-order valence-electron chi connectivity index (χ0n) is 13.7. The van der Waals surface area contributed by atoms with Gasteiger partial charge in [0.25, 0.3) is 15.9 Å². The number of hydrogen-bond donors (Lipinski definition) is 3. The molecule has 0 aliphatic rings. The number of amides is 1. The molecule has 0 radical (unpaired) electrons. The Kier molecular flexibility index (Phi) is 5.48. The van der Waals surface area contributed by atoms with Gasteiger partial charge < -0.3 is 10.2 Å². The van der Waals surface area contributed by atoms with E-state index in [4.69, 9.17) is 0 Å². The van der Waals surface area contributed by atoms with Crippen molar-refractivity contribution in [2.24, 2.45) is 0 Å². The fourth-order valence-corrected chi connectivity index (χ4v) is 3.77. The van der Waals surface area contributed by atoms with Crippen LogP contribution in [0.5, 0.6) is 11.5 Å². The standard InChI is InChI=1S/C18H19NO5S/c1-3-18(22)19-25(23,24)17-6-4-5-12(2)14(17)9-7-13-8-10-15(20)16(21)11-13/h3-6,8,10-11,20-21H,1,7,9H2,2H3,(H,19,22). The van der Waals surface area contributed by atoms with Gasteiger partial charge in [-0.25, -0.2) is 13.1 Å². The first kappa shape index (κ1) is 18.5. The summed E-state index contributed by atoms with van der Waals surface area (Å²) in [5.74, 6) is -1.24. The SMILES string of the molecule is C=CC(=O)NS(=O)(=O)c1cccc(C)c1CCc1ccc(O)c(O)c1. The minimum Gasteiger partial charge on any atom is -0.504 e. The van der Waals surface area contributed by atoms with E-state index in [-0.39, 0.29) is 16.4 Å². The van der Waals surface area contributed by atoms with Gasteiger partial charge in [0.1, 0.15) is 0 Å². The third kappa shape index (κ3) is 4.39. The van der Waals surface area contributed by atoms with E-state index in [1.54, 1.807) is 25.1 Å². The molecule has 2 aromatic carbocycles. The Hall–Kier alpha value is -2.80. The maximum Gasteiger partial charge on any atom is 0.264 e. The Labute approximate surface area is 146 Å². The van der Waals surface area contributed by atoms with E-state index in [1.807, 2.05) is 4.72 Å². The molecule has 2 aromatic rings. The summed E-state index contributed by atoms with van der Waals surface area (Å²) in [6.45, 7) is 5.04. The number of hydrogen-bond acceptors (Lipinski definition) is 5. The van der Waals surface area contributed by atoms with E-state index in [0.717, 1.165) is 17.2 Å². The lowest BCUT2D eigenvalue weighted by molar-refractivity contribution is -0.114. The predicted octanol–water partition coefficient (Wildman–Crippen LogP) is 2.18. The fraction of sp³-hybridized carbons (Fsp3) is 0.167. The van der Waals surface area contributed by atoms with Gasteiger partial charge in [-0.15, -0.1) is 0 Å². The Morgan fingerprint density at radius 1 is 1.16 bits per heavy atom. The number of aromatic hydroxyl groups is 2. The lowest BCUT2D eigenvalue weighted by Crippen LogP contribution is -2.29. The van der Waals surface area contributed by atoms with E-state index in [2.05, 4.69) is 6.58 Å². The topological polar surface area (TPSA) is 104 Å². The Bertz CT molecular complexity index is 919. The summed E-state index contributed by atoms with van der Waals surface area (Å²) in [5.41, 5.74) is 2.10. The van der Waals surface area contributed by atoms with Crippen LogP contribution in [-0.4, -0.2) is 24.5 Å². The highest BCUT2D eigenvalue weighted by molar-refractivity contribution is 7.90. The average molecular weight is 361 g/mol. The van der Waals surface area contributed by atoms with E-state index in [0.29, 0.717) is 18.4 Å². The molecular formula is C18H19NO5S. The Morgan fingerprint density at radius 3 is 2.52 bits per heavy atom. The molecule has 0 bridgehead atoms. The van der Waals surface area contributed by atoms with Crippen LogP contribution in [0.25, 0.3) is 0 Å². The Balaban J connectivity index is 2.33. The molecule has 0 heterocycles. The molecule has 0 aromatic heterocycles. The lowest BCUT2D eigenvalue weighted by Gasteiger charge is -2.13. The first-order valence-corrected chi connectivity index (χ1v) is 9.01. The summed E-state index contributed by atoms with van der Waals surface area (Å²) in [6.07, 6.45) is 1.73. The van der Waals surface area contributed by atoms with Gasteiger partial charge in [0.05, 0.1) is 4.90 Å². The second kappa shape index (κ2) is 7.40. The predicted molar refractivity (Wildman–Crippen MR) is 93.9 cm³/mol. The fourth-order valence-electron chi connectivity index (χ4n) is 2.47. The number of benzene rings is 2. The van der Waals surface area contributed by atoms with Crippen molar-refractivity contribution in [2.45, 2.75) is 24.7 Å². The number of phenols is 2. The number of carbonyl (C=O) groups excluding carboxylic acids is 1. The van der Waals surface area contributed by atoms with Crippen LogP contribution in [0.2, 0.25) is 0 Å².